The van der Waals surface area contributed by atoms with E-state index in [4.69, 9.17) is 0 Å². The van der Waals surface area contributed by atoms with Crippen LogP contribution in [0.25, 0.3) is 0 Å². The van der Waals surface area contributed by atoms with Gasteiger partial charge in [-0.2, -0.15) is 0 Å². The standard InChI is InChI=1S/C21H28N4O4S.HI/c1-4-22-21(24-12-11-23-20(27)17-7-5-6-8-18(17)26)25-14-16-9-10-19(15(2)13-16)30(3,28)29;/h5-10,13,26H,4,11-12,14H2,1-3H3,(H,23,27)(H2,22,24,25);1H. The topological polar surface area (TPSA) is 120 Å². The van der Waals surface area contributed by atoms with Gasteiger partial charge in [-0.25, -0.2) is 13.4 Å². The molecule has 0 atom stereocenters. The van der Waals surface area contributed by atoms with Crippen LogP contribution in [0.5, 0.6) is 5.75 Å². The number of phenolic OH excluding ortho intramolecular Hbond substituents is 1. The fourth-order valence-corrected chi connectivity index (χ4v) is 3.81. The number of halogens is 1. The summed E-state index contributed by atoms with van der Waals surface area (Å²) in [6, 6.07) is 11.5. The highest BCUT2D eigenvalue weighted by Gasteiger charge is 2.11. The average molecular weight is 560 g/mol. The second-order valence-electron chi connectivity index (χ2n) is 6.77. The lowest BCUT2D eigenvalue weighted by Crippen LogP contribution is -2.41. The van der Waals surface area contributed by atoms with Gasteiger partial charge in [0.25, 0.3) is 5.91 Å². The summed E-state index contributed by atoms with van der Waals surface area (Å²) >= 11 is 0. The van der Waals surface area contributed by atoms with Crippen molar-refractivity contribution in [1.29, 1.82) is 0 Å². The number of amides is 1. The van der Waals surface area contributed by atoms with E-state index in [1.807, 2.05) is 13.0 Å². The maximum absolute atomic E-state index is 12.1. The largest absolute Gasteiger partial charge is 0.507 e. The van der Waals surface area contributed by atoms with Crippen molar-refractivity contribution in [3.63, 3.8) is 0 Å². The molecule has 2 rings (SSSR count). The summed E-state index contributed by atoms with van der Waals surface area (Å²) in [5, 5.41) is 18.7. The molecule has 0 radical (unpaired) electrons. The molecule has 2 aromatic rings. The highest BCUT2D eigenvalue weighted by Crippen LogP contribution is 2.17. The number of benzene rings is 2. The van der Waals surface area contributed by atoms with Crippen LogP contribution in [0.3, 0.4) is 0 Å². The van der Waals surface area contributed by atoms with Crippen LogP contribution in [0.1, 0.15) is 28.4 Å². The minimum Gasteiger partial charge on any atom is -0.507 e. The third-order valence-corrected chi connectivity index (χ3v) is 5.51. The monoisotopic (exact) mass is 560 g/mol. The summed E-state index contributed by atoms with van der Waals surface area (Å²) in [5.74, 6) is 0.174. The lowest BCUT2D eigenvalue weighted by atomic mass is 10.1. The molecular weight excluding hydrogens is 531 g/mol. The molecule has 31 heavy (non-hydrogen) atoms. The van der Waals surface area contributed by atoms with Crippen LogP contribution >= 0.6 is 24.0 Å². The van der Waals surface area contributed by atoms with Gasteiger partial charge in [-0.15, -0.1) is 24.0 Å². The number of rotatable bonds is 8. The molecule has 0 aliphatic heterocycles. The van der Waals surface area contributed by atoms with E-state index in [0.717, 1.165) is 5.56 Å². The molecule has 2 aromatic carbocycles. The quantitative estimate of drug-likeness (QED) is 0.170. The molecule has 0 heterocycles. The molecule has 0 unspecified atom stereocenters. The zero-order chi connectivity index (χ0) is 22.1. The average Bonchev–Trinajstić information content (AvgIpc) is 2.68. The molecule has 0 aliphatic carbocycles. The molecule has 4 N–H and O–H groups in total. The van der Waals surface area contributed by atoms with Gasteiger partial charge >= 0.3 is 0 Å². The van der Waals surface area contributed by atoms with Crippen LogP contribution in [0, 0.1) is 6.92 Å². The zero-order valence-corrected chi connectivity index (χ0v) is 21.0. The predicted octanol–water partition coefficient (Wildman–Crippen LogP) is 2.21. The molecule has 0 saturated heterocycles. The number of aliphatic imine (C=N–C) groups is 1. The molecule has 170 valence electrons. The van der Waals surface area contributed by atoms with Crippen LogP contribution in [0.15, 0.2) is 52.4 Å². The fourth-order valence-electron chi connectivity index (χ4n) is 2.86. The number of phenols is 1. The van der Waals surface area contributed by atoms with E-state index < -0.39 is 9.84 Å². The van der Waals surface area contributed by atoms with E-state index in [-0.39, 0.29) is 41.2 Å². The third-order valence-electron chi connectivity index (χ3n) is 4.25. The number of guanidine groups is 1. The molecule has 1 amide bonds. The molecule has 0 saturated carbocycles. The second kappa shape index (κ2) is 12.5. The molecule has 0 aromatic heterocycles. The van der Waals surface area contributed by atoms with Gasteiger partial charge in [-0.05, 0) is 43.2 Å². The summed E-state index contributed by atoms with van der Waals surface area (Å²) in [6.45, 7) is 5.55. The first-order chi connectivity index (χ1) is 14.2. The number of hydrogen-bond acceptors (Lipinski definition) is 5. The smallest absolute Gasteiger partial charge is 0.255 e. The van der Waals surface area contributed by atoms with Gasteiger partial charge in [0.05, 0.1) is 17.0 Å². The van der Waals surface area contributed by atoms with Crippen molar-refractivity contribution in [3.05, 3.63) is 59.2 Å². The van der Waals surface area contributed by atoms with Gasteiger partial charge in [0.2, 0.25) is 0 Å². The number of nitrogens with zero attached hydrogens (tertiary/aromatic N) is 1. The third kappa shape index (κ3) is 8.37. The van der Waals surface area contributed by atoms with Crippen molar-refractivity contribution in [2.24, 2.45) is 4.99 Å². The maximum Gasteiger partial charge on any atom is 0.255 e. The fraction of sp³-hybridized carbons (Fsp3) is 0.333. The summed E-state index contributed by atoms with van der Waals surface area (Å²) < 4.78 is 23.5. The SMILES string of the molecule is CCNC(=NCc1ccc(S(C)(=O)=O)c(C)c1)NCCNC(=O)c1ccccc1O.I. The van der Waals surface area contributed by atoms with Crippen molar-refractivity contribution >= 4 is 45.7 Å². The van der Waals surface area contributed by atoms with Gasteiger partial charge in [-0.1, -0.05) is 24.3 Å². The van der Waals surface area contributed by atoms with Gasteiger partial charge < -0.3 is 21.1 Å². The lowest BCUT2D eigenvalue weighted by molar-refractivity contribution is 0.0951. The number of sulfone groups is 1. The lowest BCUT2D eigenvalue weighted by Gasteiger charge is -2.12. The molecule has 0 spiro atoms. The zero-order valence-electron chi connectivity index (χ0n) is 17.8. The van der Waals surface area contributed by atoms with Crippen molar-refractivity contribution in [2.45, 2.75) is 25.3 Å². The Morgan fingerprint density at radius 3 is 2.35 bits per heavy atom. The predicted molar refractivity (Wildman–Crippen MR) is 133 cm³/mol. The molecule has 8 nitrogen and oxygen atoms in total. The molecule has 0 fully saturated rings. The van der Waals surface area contributed by atoms with E-state index in [1.165, 1.54) is 12.3 Å². The molecule has 10 heteroatoms. The number of carbonyl (C=O) groups excluding carboxylic acids is 1. The van der Waals surface area contributed by atoms with Crippen LogP contribution < -0.4 is 16.0 Å². The first-order valence-corrected chi connectivity index (χ1v) is 11.5. The van der Waals surface area contributed by atoms with Gasteiger partial charge in [0.1, 0.15) is 5.75 Å². The van der Waals surface area contributed by atoms with Crippen LogP contribution in [-0.2, 0) is 16.4 Å². The number of nitrogens with one attached hydrogen (secondary N) is 3. The van der Waals surface area contributed by atoms with Crippen molar-refractivity contribution in [3.8, 4) is 5.75 Å². The van der Waals surface area contributed by atoms with E-state index >= 15 is 0 Å². The Morgan fingerprint density at radius 1 is 1.06 bits per heavy atom. The normalized spacial score (nSPS) is 11.4. The number of hydrogen-bond donors (Lipinski definition) is 4. The summed E-state index contributed by atoms with van der Waals surface area (Å²) in [6.07, 6.45) is 1.19. The van der Waals surface area contributed by atoms with Crippen molar-refractivity contribution in [2.75, 3.05) is 25.9 Å². The van der Waals surface area contributed by atoms with Crippen LogP contribution in [0.2, 0.25) is 0 Å². The Morgan fingerprint density at radius 2 is 1.74 bits per heavy atom. The Kier molecular flexibility index (Phi) is 10.8. The number of para-hydroxylation sites is 1. The minimum atomic E-state index is -3.25. The van der Waals surface area contributed by atoms with Crippen LogP contribution in [0.4, 0.5) is 0 Å². The number of aryl methyl sites for hydroxylation is 1. The number of carbonyl (C=O) groups is 1. The highest BCUT2D eigenvalue weighted by molar-refractivity contribution is 14.0. The van der Waals surface area contributed by atoms with E-state index in [9.17, 15) is 18.3 Å². The first-order valence-electron chi connectivity index (χ1n) is 9.60. The van der Waals surface area contributed by atoms with E-state index in [1.54, 1.807) is 37.3 Å². The number of aromatic hydroxyl groups is 1. The van der Waals surface area contributed by atoms with Crippen molar-refractivity contribution < 1.29 is 18.3 Å². The van der Waals surface area contributed by atoms with Crippen LogP contribution in [-0.4, -0.2) is 51.3 Å². The van der Waals surface area contributed by atoms with Crippen molar-refractivity contribution in [1.82, 2.24) is 16.0 Å². The second-order valence-corrected chi connectivity index (χ2v) is 8.75. The molecule has 0 aliphatic rings. The first kappa shape index (κ1) is 26.7. The van der Waals surface area contributed by atoms with Gasteiger partial charge in [-0.3, -0.25) is 4.79 Å². The van der Waals surface area contributed by atoms with Gasteiger partial charge in [0.15, 0.2) is 15.8 Å². The Labute approximate surface area is 200 Å². The Hall–Kier alpha value is -2.34. The Bertz CT molecular complexity index is 1030. The molecule has 0 bridgehead atoms. The highest BCUT2D eigenvalue weighted by atomic mass is 127. The summed E-state index contributed by atoms with van der Waals surface area (Å²) in [7, 11) is -3.25. The van der Waals surface area contributed by atoms with E-state index in [0.29, 0.717) is 42.6 Å². The van der Waals surface area contributed by atoms with E-state index in [2.05, 4.69) is 20.9 Å². The minimum absolute atomic E-state index is 0. The maximum atomic E-state index is 12.1. The van der Waals surface area contributed by atoms with Gasteiger partial charge in [0, 0.05) is 25.9 Å². The Balaban J connectivity index is 0.00000480. The summed E-state index contributed by atoms with van der Waals surface area (Å²) in [5.41, 5.74) is 1.81. The molecular formula is C21H29IN4O4S. The summed E-state index contributed by atoms with van der Waals surface area (Å²) in [4.78, 5) is 16.9.